The first-order valence-corrected chi connectivity index (χ1v) is 7.09. The summed E-state index contributed by atoms with van der Waals surface area (Å²) in [6.45, 7) is 2.11. The monoisotopic (exact) mass is 289 g/mol. The lowest BCUT2D eigenvalue weighted by Gasteiger charge is -2.10. The highest BCUT2D eigenvalue weighted by molar-refractivity contribution is 5.92. The molecule has 0 aliphatic rings. The van der Waals surface area contributed by atoms with Crippen molar-refractivity contribution in [3.63, 3.8) is 0 Å². The highest BCUT2D eigenvalue weighted by Crippen LogP contribution is 2.31. The van der Waals surface area contributed by atoms with Gasteiger partial charge in [0.1, 0.15) is 11.8 Å². The number of benzene rings is 2. The van der Waals surface area contributed by atoms with Crippen LogP contribution in [-0.2, 0) is 6.42 Å². The van der Waals surface area contributed by atoms with Gasteiger partial charge in [-0.25, -0.2) is 0 Å². The van der Waals surface area contributed by atoms with Crippen molar-refractivity contribution >= 4 is 11.0 Å². The number of nitrogens with zero attached hydrogens (tertiary/aromatic N) is 3. The standard InChI is InChI=1S/C18H15N3O/c1-3-12-8-15(18-16(9-12)20-6-7-21-18)13-4-5-14(11-19)17(10-13)22-2/h4-10H,3H2,1-2H3. The highest BCUT2D eigenvalue weighted by atomic mass is 16.5. The first-order chi connectivity index (χ1) is 10.8. The molecule has 0 aliphatic heterocycles. The molecule has 4 nitrogen and oxygen atoms in total. The van der Waals surface area contributed by atoms with Crippen LogP contribution in [0.15, 0.2) is 42.7 Å². The predicted molar refractivity (Wildman–Crippen MR) is 85.6 cm³/mol. The summed E-state index contributed by atoms with van der Waals surface area (Å²) < 4.78 is 5.31. The third-order valence-electron chi connectivity index (χ3n) is 3.67. The molecule has 0 bridgehead atoms. The maximum Gasteiger partial charge on any atom is 0.137 e. The first-order valence-electron chi connectivity index (χ1n) is 7.09. The van der Waals surface area contributed by atoms with Gasteiger partial charge in [-0.3, -0.25) is 9.97 Å². The molecule has 2 aromatic carbocycles. The van der Waals surface area contributed by atoms with Crippen molar-refractivity contribution in [1.29, 1.82) is 5.26 Å². The number of fused-ring (bicyclic) bond motifs is 1. The van der Waals surface area contributed by atoms with Crippen molar-refractivity contribution in [2.24, 2.45) is 0 Å². The second kappa shape index (κ2) is 5.82. The topological polar surface area (TPSA) is 58.8 Å². The number of hydrogen-bond donors (Lipinski definition) is 0. The molecule has 0 saturated carbocycles. The van der Waals surface area contributed by atoms with Crippen molar-refractivity contribution in [1.82, 2.24) is 9.97 Å². The maximum atomic E-state index is 9.11. The fourth-order valence-corrected chi connectivity index (χ4v) is 2.51. The molecule has 1 aromatic heterocycles. The van der Waals surface area contributed by atoms with Crippen LogP contribution in [0.1, 0.15) is 18.1 Å². The number of aromatic nitrogens is 2. The van der Waals surface area contributed by atoms with E-state index in [9.17, 15) is 0 Å². The third kappa shape index (κ3) is 2.38. The molecule has 4 heteroatoms. The molecule has 1 heterocycles. The van der Waals surface area contributed by atoms with Crippen molar-refractivity contribution in [2.45, 2.75) is 13.3 Å². The Morgan fingerprint density at radius 1 is 1.14 bits per heavy atom. The Morgan fingerprint density at radius 2 is 1.95 bits per heavy atom. The SMILES string of the molecule is CCc1cc(-c2ccc(C#N)c(OC)c2)c2nccnc2c1. The molecule has 0 atom stereocenters. The van der Waals surface area contributed by atoms with E-state index in [1.807, 2.05) is 12.1 Å². The molecule has 0 radical (unpaired) electrons. The van der Waals surface area contributed by atoms with Gasteiger partial charge in [0.05, 0.1) is 23.7 Å². The zero-order valence-corrected chi connectivity index (χ0v) is 12.5. The average molecular weight is 289 g/mol. The Balaban J connectivity index is 2.28. The zero-order valence-electron chi connectivity index (χ0n) is 12.5. The van der Waals surface area contributed by atoms with Crippen molar-refractivity contribution < 1.29 is 4.74 Å². The van der Waals surface area contributed by atoms with E-state index in [2.05, 4.69) is 35.1 Å². The summed E-state index contributed by atoms with van der Waals surface area (Å²) in [5.41, 5.74) is 5.42. The van der Waals surface area contributed by atoms with Crippen LogP contribution in [0, 0.1) is 11.3 Å². The van der Waals surface area contributed by atoms with E-state index in [1.165, 1.54) is 5.56 Å². The van der Waals surface area contributed by atoms with Gasteiger partial charge in [-0.2, -0.15) is 5.26 Å². The summed E-state index contributed by atoms with van der Waals surface area (Å²) in [5, 5.41) is 9.11. The maximum absolute atomic E-state index is 9.11. The highest BCUT2D eigenvalue weighted by Gasteiger charge is 2.11. The summed E-state index contributed by atoms with van der Waals surface area (Å²) >= 11 is 0. The van der Waals surface area contributed by atoms with Crippen LogP contribution < -0.4 is 4.74 Å². The van der Waals surface area contributed by atoms with Crippen molar-refractivity contribution in [3.05, 3.63) is 53.9 Å². The summed E-state index contributed by atoms with van der Waals surface area (Å²) in [6, 6.07) is 11.9. The van der Waals surface area contributed by atoms with Crippen LogP contribution >= 0.6 is 0 Å². The van der Waals surface area contributed by atoms with E-state index in [4.69, 9.17) is 10.00 Å². The minimum Gasteiger partial charge on any atom is -0.495 e. The van der Waals surface area contributed by atoms with Gasteiger partial charge >= 0.3 is 0 Å². The minimum atomic E-state index is 0.522. The van der Waals surface area contributed by atoms with Crippen LogP contribution in [0.3, 0.4) is 0 Å². The summed E-state index contributed by atoms with van der Waals surface area (Å²) in [7, 11) is 1.57. The fourth-order valence-electron chi connectivity index (χ4n) is 2.51. The molecule has 108 valence electrons. The number of nitriles is 1. The summed E-state index contributed by atoms with van der Waals surface area (Å²) in [5.74, 6) is 0.568. The number of rotatable bonds is 3. The molecule has 0 N–H and O–H groups in total. The lowest BCUT2D eigenvalue weighted by Crippen LogP contribution is -1.93. The smallest absolute Gasteiger partial charge is 0.137 e. The molecule has 0 spiro atoms. The lowest BCUT2D eigenvalue weighted by atomic mass is 9.98. The van der Waals surface area contributed by atoms with E-state index < -0.39 is 0 Å². The van der Waals surface area contributed by atoms with E-state index in [-0.39, 0.29) is 0 Å². The van der Waals surface area contributed by atoms with Gasteiger partial charge in [-0.05, 0) is 41.8 Å². The molecule has 0 amide bonds. The summed E-state index contributed by atoms with van der Waals surface area (Å²) in [6.07, 6.45) is 4.32. The molecule has 22 heavy (non-hydrogen) atoms. The number of methoxy groups -OCH3 is 1. The lowest BCUT2D eigenvalue weighted by molar-refractivity contribution is 0.413. The minimum absolute atomic E-state index is 0.522. The Kier molecular flexibility index (Phi) is 3.71. The second-order valence-electron chi connectivity index (χ2n) is 4.95. The van der Waals surface area contributed by atoms with Crippen LogP contribution in [0.4, 0.5) is 0 Å². The number of hydrogen-bond acceptors (Lipinski definition) is 4. The van der Waals surface area contributed by atoms with Gasteiger partial charge in [-0.1, -0.05) is 13.0 Å². The Hall–Kier alpha value is -2.93. The molecule has 3 rings (SSSR count). The third-order valence-corrected chi connectivity index (χ3v) is 3.67. The van der Waals surface area contributed by atoms with Gasteiger partial charge in [0.15, 0.2) is 0 Å². The molecule has 0 fully saturated rings. The molecule has 0 unspecified atom stereocenters. The molecular formula is C18H15N3O. The van der Waals surface area contributed by atoms with E-state index in [1.54, 1.807) is 25.6 Å². The average Bonchev–Trinajstić information content (AvgIpc) is 2.60. The van der Waals surface area contributed by atoms with E-state index in [0.29, 0.717) is 11.3 Å². The molecule has 0 aliphatic carbocycles. The van der Waals surface area contributed by atoms with Gasteiger partial charge in [0.25, 0.3) is 0 Å². The molecule has 0 saturated heterocycles. The predicted octanol–water partition coefficient (Wildman–Crippen LogP) is 3.74. The summed E-state index contributed by atoms with van der Waals surface area (Å²) in [4.78, 5) is 8.87. The fraction of sp³-hybridized carbons (Fsp3) is 0.167. The quantitative estimate of drug-likeness (QED) is 0.737. The Labute approximate surface area is 129 Å². The number of ether oxygens (including phenoxy) is 1. The molecular weight excluding hydrogens is 274 g/mol. The largest absolute Gasteiger partial charge is 0.495 e. The van der Waals surface area contributed by atoms with Gasteiger partial charge in [-0.15, -0.1) is 0 Å². The Bertz CT molecular complexity index is 881. The van der Waals surface area contributed by atoms with E-state index >= 15 is 0 Å². The van der Waals surface area contributed by atoms with Gasteiger partial charge < -0.3 is 4.74 Å². The van der Waals surface area contributed by atoms with Gasteiger partial charge in [0, 0.05) is 18.0 Å². The number of aryl methyl sites for hydroxylation is 1. The van der Waals surface area contributed by atoms with Crippen LogP contribution in [0.5, 0.6) is 5.75 Å². The Morgan fingerprint density at radius 3 is 2.68 bits per heavy atom. The van der Waals surface area contributed by atoms with Crippen LogP contribution in [0.25, 0.3) is 22.2 Å². The van der Waals surface area contributed by atoms with Crippen LogP contribution in [0.2, 0.25) is 0 Å². The molecule has 3 aromatic rings. The van der Waals surface area contributed by atoms with E-state index in [0.717, 1.165) is 28.6 Å². The zero-order chi connectivity index (χ0) is 15.5. The second-order valence-corrected chi connectivity index (χ2v) is 4.95. The normalized spacial score (nSPS) is 10.4. The van der Waals surface area contributed by atoms with Crippen molar-refractivity contribution in [3.8, 4) is 22.9 Å². The van der Waals surface area contributed by atoms with Gasteiger partial charge in [0.2, 0.25) is 0 Å². The van der Waals surface area contributed by atoms with Crippen LogP contribution in [-0.4, -0.2) is 17.1 Å². The first kappa shape index (κ1) is 14.0. The van der Waals surface area contributed by atoms with Crippen molar-refractivity contribution in [2.75, 3.05) is 7.11 Å².